The molecule has 2 aliphatic heterocycles. The minimum Gasteiger partial charge on any atom is -0.392 e. The predicted molar refractivity (Wildman–Crippen MR) is 70.5 cm³/mol. The fourth-order valence-corrected chi connectivity index (χ4v) is 2.94. The molecule has 0 radical (unpaired) electrons. The number of imide groups is 1. The first-order chi connectivity index (χ1) is 8.97. The molecule has 6 nitrogen and oxygen atoms in total. The molecule has 2 aliphatic rings. The van der Waals surface area contributed by atoms with Gasteiger partial charge in [0, 0.05) is 45.1 Å². The van der Waals surface area contributed by atoms with Crippen LogP contribution in [0.4, 0.5) is 0 Å². The first-order valence-corrected chi connectivity index (χ1v) is 6.87. The second kappa shape index (κ2) is 5.98. The van der Waals surface area contributed by atoms with Crippen LogP contribution >= 0.6 is 0 Å². The number of amides is 2. The molecule has 0 saturated carbocycles. The smallest absolute Gasteiger partial charge is 0.229 e. The lowest BCUT2D eigenvalue weighted by molar-refractivity contribution is -0.138. The number of carbonyl (C=O) groups is 2. The summed E-state index contributed by atoms with van der Waals surface area (Å²) in [5.41, 5.74) is 0. The minimum absolute atomic E-state index is 0.0612. The van der Waals surface area contributed by atoms with Crippen molar-refractivity contribution in [1.82, 2.24) is 14.7 Å². The molecule has 0 aromatic heterocycles. The number of nitrogens with zero attached hydrogens (tertiary/aromatic N) is 3. The van der Waals surface area contributed by atoms with Crippen LogP contribution < -0.4 is 0 Å². The highest BCUT2D eigenvalue weighted by Crippen LogP contribution is 2.19. The first-order valence-electron chi connectivity index (χ1n) is 6.87. The third-order valence-electron chi connectivity index (χ3n) is 3.85. The van der Waals surface area contributed by atoms with Crippen molar-refractivity contribution in [3.8, 4) is 0 Å². The topological polar surface area (TPSA) is 64.1 Å². The van der Waals surface area contributed by atoms with Crippen LogP contribution in [0.5, 0.6) is 0 Å². The van der Waals surface area contributed by atoms with Crippen LogP contribution in [0.25, 0.3) is 0 Å². The van der Waals surface area contributed by atoms with Gasteiger partial charge in [-0.15, -0.1) is 0 Å². The lowest BCUT2D eigenvalue weighted by Gasteiger charge is -2.28. The Kier molecular flexibility index (Phi) is 4.54. The number of aliphatic hydroxyl groups is 1. The number of hydrogen-bond acceptors (Lipinski definition) is 5. The molecule has 0 aromatic rings. The maximum Gasteiger partial charge on any atom is 0.229 e. The Morgan fingerprint density at radius 2 is 1.84 bits per heavy atom. The average molecular weight is 269 g/mol. The summed E-state index contributed by atoms with van der Waals surface area (Å²) in [5.74, 6) is -0.122. The van der Waals surface area contributed by atoms with E-state index in [1.807, 2.05) is 14.1 Å². The van der Waals surface area contributed by atoms with Crippen molar-refractivity contribution >= 4 is 11.8 Å². The largest absolute Gasteiger partial charge is 0.392 e. The van der Waals surface area contributed by atoms with E-state index in [0.29, 0.717) is 38.5 Å². The number of likely N-dealkylation sites (tertiary alicyclic amines) is 2. The van der Waals surface area contributed by atoms with Gasteiger partial charge in [0.15, 0.2) is 0 Å². The van der Waals surface area contributed by atoms with E-state index in [1.165, 1.54) is 4.90 Å². The van der Waals surface area contributed by atoms with Crippen LogP contribution in [-0.2, 0) is 9.59 Å². The van der Waals surface area contributed by atoms with Crippen LogP contribution in [-0.4, -0.2) is 84.0 Å². The average Bonchev–Trinajstić information content (AvgIpc) is 2.80. The fraction of sp³-hybridized carbons (Fsp3) is 0.846. The van der Waals surface area contributed by atoms with Crippen molar-refractivity contribution in [2.24, 2.45) is 0 Å². The van der Waals surface area contributed by atoms with Crippen molar-refractivity contribution in [3.63, 3.8) is 0 Å². The van der Waals surface area contributed by atoms with Gasteiger partial charge in [0.25, 0.3) is 0 Å². The summed E-state index contributed by atoms with van der Waals surface area (Å²) in [6.45, 7) is 2.63. The molecule has 2 atom stereocenters. The van der Waals surface area contributed by atoms with E-state index in [0.717, 1.165) is 13.0 Å². The molecule has 0 bridgehead atoms. The normalized spacial score (nSPS) is 28.9. The van der Waals surface area contributed by atoms with Gasteiger partial charge in [-0.25, -0.2) is 0 Å². The Morgan fingerprint density at radius 3 is 2.42 bits per heavy atom. The van der Waals surface area contributed by atoms with Gasteiger partial charge in [0.05, 0.1) is 6.10 Å². The van der Waals surface area contributed by atoms with E-state index >= 15 is 0 Å². The maximum absolute atomic E-state index is 11.5. The van der Waals surface area contributed by atoms with Crippen molar-refractivity contribution in [1.29, 1.82) is 0 Å². The Labute approximate surface area is 114 Å². The van der Waals surface area contributed by atoms with Crippen LogP contribution in [0.1, 0.15) is 19.3 Å². The van der Waals surface area contributed by atoms with Crippen molar-refractivity contribution in [3.05, 3.63) is 0 Å². The number of hydrogen-bond donors (Lipinski definition) is 1. The second-order valence-corrected chi connectivity index (χ2v) is 5.74. The fourth-order valence-electron chi connectivity index (χ4n) is 2.94. The molecule has 0 aromatic carbocycles. The summed E-state index contributed by atoms with van der Waals surface area (Å²) in [4.78, 5) is 28.7. The molecular weight excluding hydrogens is 246 g/mol. The monoisotopic (exact) mass is 269 g/mol. The molecule has 2 rings (SSSR count). The molecule has 1 N–H and O–H groups in total. The third-order valence-corrected chi connectivity index (χ3v) is 3.85. The highest BCUT2D eigenvalue weighted by molar-refractivity contribution is 6.01. The molecule has 0 spiro atoms. The maximum atomic E-state index is 11.5. The molecule has 6 heteroatoms. The van der Waals surface area contributed by atoms with Gasteiger partial charge in [0.2, 0.25) is 11.8 Å². The molecule has 2 saturated heterocycles. The van der Waals surface area contributed by atoms with Gasteiger partial charge < -0.3 is 10.0 Å². The highest BCUT2D eigenvalue weighted by Gasteiger charge is 2.33. The van der Waals surface area contributed by atoms with Crippen LogP contribution in [0, 0.1) is 0 Å². The zero-order valence-corrected chi connectivity index (χ0v) is 11.7. The van der Waals surface area contributed by atoms with E-state index in [2.05, 4.69) is 9.80 Å². The second-order valence-electron chi connectivity index (χ2n) is 5.74. The van der Waals surface area contributed by atoms with Gasteiger partial charge in [-0.05, 0) is 20.5 Å². The summed E-state index contributed by atoms with van der Waals surface area (Å²) in [6, 6.07) is 0.304. The zero-order valence-electron chi connectivity index (χ0n) is 11.7. The summed E-state index contributed by atoms with van der Waals surface area (Å²) in [6.07, 6.45) is 1.17. The molecule has 2 unspecified atom stereocenters. The minimum atomic E-state index is -0.296. The van der Waals surface area contributed by atoms with E-state index in [-0.39, 0.29) is 17.9 Å². The molecule has 19 heavy (non-hydrogen) atoms. The Morgan fingerprint density at radius 1 is 1.21 bits per heavy atom. The van der Waals surface area contributed by atoms with E-state index in [1.54, 1.807) is 0 Å². The molecule has 2 amide bonds. The van der Waals surface area contributed by atoms with Crippen molar-refractivity contribution < 1.29 is 14.7 Å². The summed E-state index contributed by atoms with van der Waals surface area (Å²) >= 11 is 0. The summed E-state index contributed by atoms with van der Waals surface area (Å²) < 4.78 is 0. The molecular formula is C13H23N3O3. The van der Waals surface area contributed by atoms with Crippen molar-refractivity contribution in [2.75, 3.05) is 40.3 Å². The third kappa shape index (κ3) is 3.52. The van der Waals surface area contributed by atoms with E-state index in [9.17, 15) is 14.7 Å². The van der Waals surface area contributed by atoms with Crippen LogP contribution in [0.15, 0.2) is 0 Å². The Bertz CT molecular complexity index is 343. The van der Waals surface area contributed by atoms with Gasteiger partial charge in [0.1, 0.15) is 0 Å². The van der Waals surface area contributed by atoms with Gasteiger partial charge in [-0.2, -0.15) is 0 Å². The number of β-amino-alcohol motifs (C(OH)–C–C–N with tert-alkyl or cyclic N) is 1. The van der Waals surface area contributed by atoms with Crippen LogP contribution in [0.2, 0.25) is 0 Å². The van der Waals surface area contributed by atoms with Gasteiger partial charge >= 0.3 is 0 Å². The quantitative estimate of drug-likeness (QED) is 0.658. The SMILES string of the molecule is CN(C)CC1CC(O)CN1CCN1C(=O)CCC1=O. The molecule has 2 heterocycles. The molecule has 0 aliphatic carbocycles. The van der Waals surface area contributed by atoms with E-state index < -0.39 is 0 Å². The number of likely N-dealkylation sites (N-methyl/N-ethyl adjacent to an activating group) is 1. The first kappa shape index (κ1) is 14.4. The molecule has 108 valence electrons. The summed E-state index contributed by atoms with van der Waals surface area (Å²) in [5, 5.41) is 9.77. The van der Waals surface area contributed by atoms with Crippen molar-refractivity contribution in [2.45, 2.75) is 31.4 Å². The zero-order chi connectivity index (χ0) is 14.0. The standard InChI is InChI=1S/C13H23N3O3/c1-14(2)8-10-7-11(17)9-15(10)5-6-16-12(18)3-4-13(16)19/h10-11,17H,3-9H2,1-2H3. The van der Waals surface area contributed by atoms with Gasteiger partial charge in [-0.1, -0.05) is 0 Å². The van der Waals surface area contributed by atoms with Crippen LogP contribution in [0.3, 0.4) is 0 Å². The molecule has 2 fully saturated rings. The lowest BCUT2D eigenvalue weighted by Crippen LogP contribution is -2.43. The lowest BCUT2D eigenvalue weighted by atomic mass is 10.2. The Hall–Kier alpha value is -0.980. The number of aliphatic hydroxyl groups excluding tert-OH is 1. The predicted octanol–water partition coefficient (Wildman–Crippen LogP) is -0.868. The highest BCUT2D eigenvalue weighted by atomic mass is 16.3. The summed E-state index contributed by atoms with van der Waals surface area (Å²) in [7, 11) is 4.02. The van der Waals surface area contributed by atoms with Gasteiger partial charge in [-0.3, -0.25) is 19.4 Å². The van der Waals surface area contributed by atoms with E-state index in [4.69, 9.17) is 0 Å². The number of carbonyl (C=O) groups excluding carboxylic acids is 2. The Balaban J connectivity index is 1.86. The number of rotatable bonds is 5.